The normalized spacial score (nSPS) is 24.8. The van der Waals surface area contributed by atoms with E-state index in [1.54, 1.807) is 13.8 Å². The van der Waals surface area contributed by atoms with E-state index in [1.165, 1.54) is 18.4 Å². The van der Waals surface area contributed by atoms with Crippen LogP contribution in [0.3, 0.4) is 0 Å². The third-order valence-corrected chi connectivity index (χ3v) is 6.07. The lowest BCUT2D eigenvalue weighted by Gasteiger charge is -2.37. The monoisotopic (exact) mass is 403 g/mol. The molecule has 0 bridgehead atoms. The number of ether oxygens (including phenoxy) is 2. The number of carbonyl (C=O) groups is 3. The summed E-state index contributed by atoms with van der Waals surface area (Å²) in [7, 11) is 1.29. The van der Waals surface area contributed by atoms with E-state index in [1.807, 2.05) is 31.4 Å². The summed E-state index contributed by atoms with van der Waals surface area (Å²) in [5, 5.41) is 5.15. The fraction of sp³-hybridized carbons (Fsp3) is 0.476. The summed E-state index contributed by atoms with van der Waals surface area (Å²) >= 11 is 1.47. The minimum Gasteiger partial charge on any atom is -0.468 e. The Kier molecular flexibility index (Phi) is 5.74. The van der Waals surface area contributed by atoms with Crippen LogP contribution in [0.15, 0.2) is 40.1 Å². The van der Waals surface area contributed by atoms with Gasteiger partial charge in [-0.1, -0.05) is 13.0 Å². The molecule has 6 nitrogen and oxygen atoms in total. The zero-order valence-corrected chi connectivity index (χ0v) is 17.5. The summed E-state index contributed by atoms with van der Waals surface area (Å²) in [6, 6.07) is 3.79. The number of rotatable bonds is 4. The first kappa shape index (κ1) is 20.3. The van der Waals surface area contributed by atoms with Crippen LogP contribution in [-0.4, -0.2) is 30.9 Å². The summed E-state index contributed by atoms with van der Waals surface area (Å²) in [6.45, 7) is 7.26. The number of esters is 2. The van der Waals surface area contributed by atoms with Gasteiger partial charge in [0.25, 0.3) is 0 Å². The number of ketones is 1. The van der Waals surface area contributed by atoms with Crippen LogP contribution in [0.2, 0.25) is 0 Å². The van der Waals surface area contributed by atoms with Crippen molar-refractivity contribution < 1.29 is 23.9 Å². The molecule has 150 valence electrons. The first-order chi connectivity index (χ1) is 13.3. The molecule has 28 heavy (non-hydrogen) atoms. The summed E-state index contributed by atoms with van der Waals surface area (Å²) in [5.41, 5.74) is 2.34. The average molecular weight is 404 g/mol. The molecule has 0 fully saturated rings. The van der Waals surface area contributed by atoms with Crippen LogP contribution >= 0.6 is 11.3 Å². The van der Waals surface area contributed by atoms with Gasteiger partial charge in [-0.05, 0) is 44.6 Å². The molecule has 2 aliphatic rings. The van der Waals surface area contributed by atoms with Crippen molar-refractivity contribution >= 4 is 29.1 Å². The Morgan fingerprint density at radius 3 is 2.61 bits per heavy atom. The molecule has 7 heteroatoms. The maximum absolute atomic E-state index is 13.4. The predicted octanol–water partition coefficient (Wildman–Crippen LogP) is 3.31. The summed E-state index contributed by atoms with van der Waals surface area (Å²) < 4.78 is 10.3. The number of dihydropyridines is 1. The van der Waals surface area contributed by atoms with E-state index >= 15 is 0 Å². The van der Waals surface area contributed by atoms with Crippen LogP contribution in [-0.2, 0) is 23.9 Å². The number of thiophene rings is 1. The Labute approximate surface area is 168 Å². The molecule has 0 saturated carbocycles. The van der Waals surface area contributed by atoms with Gasteiger partial charge in [0.05, 0.1) is 24.7 Å². The molecule has 0 amide bonds. The van der Waals surface area contributed by atoms with Gasteiger partial charge in [-0.25, -0.2) is 4.79 Å². The lowest BCUT2D eigenvalue weighted by atomic mass is 9.70. The molecular formula is C21H25NO5S. The molecule has 2 heterocycles. The number of carbonyl (C=O) groups excluding carboxylic acids is 3. The van der Waals surface area contributed by atoms with Gasteiger partial charge in [-0.2, -0.15) is 0 Å². The summed E-state index contributed by atoms with van der Waals surface area (Å²) in [5.74, 6) is -2.87. The third kappa shape index (κ3) is 3.51. The van der Waals surface area contributed by atoms with E-state index in [9.17, 15) is 14.4 Å². The van der Waals surface area contributed by atoms with E-state index in [2.05, 4.69) is 5.32 Å². The minimum absolute atomic E-state index is 0.188. The predicted molar refractivity (Wildman–Crippen MR) is 105 cm³/mol. The van der Waals surface area contributed by atoms with Crippen LogP contribution in [0.25, 0.3) is 0 Å². The maximum atomic E-state index is 13.4. The molecule has 1 aliphatic carbocycles. The van der Waals surface area contributed by atoms with Crippen molar-refractivity contribution in [1.29, 1.82) is 0 Å². The van der Waals surface area contributed by atoms with Crippen molar-refractivity contribution in [3.8, 4) is 0 Å². The highest BCUT2D eigenvalue weighted by molar-refractivity contribution is 7.10. The van der Waals surface area contributed by atoms with Crippen LogP contribution in [0.4, 0.5) is 0 Å². The molecule has 0 spiro atoms. The fourth-order valence-corrected chi connectivity index (χ4v) is 4.81. The van der Waals surface area contributed by atoms with Crippen LogP contribution < -0.4 is 5.32 Å². The van der Waals surface area contributed by atoms with Crippen LogP contribution in [0, 0.1) is 11.8 Å². The molecule has 0 unspecified atom stereocenters. The maximum Gasteiger partial charge on any atom is 0.337 e. The number of methoxy groups -OCH3 is 1. The van der Waals surface area contributed by atoms with Crippen LogP contribution in [0.1, 0.15) is 44.9 Å². The van der Waals surface area contributed by atoms with Crippen molar-refractivity contribution in [3.05, 3.63) is 44.9 Å². The second kappa shape index (κ2) is 7.91. The lowest BCUT2D eigenvalue weighted by Crippen LogP contribution is -2.43. The largest absolute Gasteiger partial charge is 0.468 e. The molecule has 3 atom stereocenters. The average Bonchev–Trinajstić information content (AvgIpc) is 3.13. The summed E-state index contributed by atoms with van der Waals surface area (Å²) in [6.07, 6.45) is 0.254. The molecule has 1 aromatic heterocycles. The smallest absolute Gasteiger partial charge is 0.337 e. The number of allylic oxidation sites excluding steroid dienone is 3. The molecule has 1 aromatic rings. The standard InChI is InChI=1S/C21H25NO5S/c1-10(2)27-21(25)16-12(4)22-13-9-11(3)15(20(24)26-5)19(23)17(13)18(16)14-7-6-8-28-14/h6-8,10-11,15,18,22H,9H2,1-5H3/t11-,15-,18-/m0/s1. The van der Waals surface area contributed by atoms with Crippen molar-refractivity contribution in [2.24, 2.45) is 11.8 Å². The Morgan fingerprint density at radius 2 is 2.04 bits per heavy atom. The zero-order chi connectivity index (χ0) is 20.6. The van der Waals surface area contributed by atoms with Crippen LogP contribution in [0.5, 0.6) is 0 Å². The Hall–Kier alpha value is -2.41. The van der Waals surface area contributed by atoms with Gasteiger partial charge in [0, 0.05) is 21.8 Å². The van der Waals surface area contributed by atoms with Crippen molar-refractivity contribution in [2.45, 2.75) is 46.1 Å². The lowest BCUT2D eigenvalue weighted by molar-refractivity contribution is -0.151. The second-order valence-electron chi connectivity index (χ2n) is 7.50. The molecule has 1 N–H and O–H groups in total. The number of hydrogen-bond donors (Lipinski definition) is 1. The Morgan fingerprint density at radius 1 is 1.32 bits per heavy atom. The topological polar surface area (TPSA) is 81.7 Å². The van der Waals surface area contributed by atoms with Crippen molar-refractivity contribution in [3.63, 3.8) is 0 Å². The van der Waals surface area contributed by atoms with Gasteiger partial charge in [0.15, 0.2) is 5.78 Å². The highest BCUT2D eigenvalue weighted by Gasteiger charge is 2.47. The highest BCUT2D eigenvalue weighted by atomic mass is 32.1. The van der Waals surface area contributed by atoms with E-state index < -0.39 is 23.8 Å². The third-order valence-electron chi connectivity index (χ3n) is 5.13. The molecule has 1 aliphatic heterocycles. The molecule has 0 saturated heterocycles. The first-order valence-corrected chi connectivity index (χ1v) is 10.2. The van der Waals surface area contributed by atoms with Crippen molar-refractivity contribution in [2.75, 3.05) is 7.11 Å². The van der Waals surface area contributed by atoms with E-state index in [4.69, 9.17) is 9.47 Å². The van der Waals surface area contributed by atoms with E-state index in [0.29, 0.717) is 23.3 Å². The minimum atomic E-state index is -0.867. The van der Waals surface area contributed by atoms with E-state index in [0.717, 1.165) is 10.6 Å². The highest BCUT2D eigenvalue weighted by Crippen LogP contribution is 2.46. The van der Waals surface area contributed by atoms with Gasteiger partial charge >= 0.3 is 11.9 Å². The Balaban J connectivity index is 2.13. The SMILES string of the molecule is COC(=O)[C@@H]1C(=O)C2=C(C[C@@H]1C)NC(C)=C(C(=O)OC(C)C)[C@@H]2c1cccs1. The zero-order valence-electron chi connectivity index (χ0n) is 16.7. The number of nitrogens with one attached hydrogen (secondary N) is 1. The van der Waals surface area contributed by atoms with E-state index in [-0.39, 0.29) is 17.8 Å². The Bertz CT molecular complexity index is 865. The summed E-state index contributed by atoms with van der Waals surface area (Å²) in [4.78, 5) is 39.5. The number of hydrogen-bond acceptors (Lipinski definition) is 7. The quantitative estimate of drug-likeness (QED) is 0.614. The molecule has 3 rings (SSSR count). The number of Topliss-reactive ketones (excluding diaryl/α,β-unsaturated/α-hetero) is 1. The first-order valence-electron chi connectivity index (χ1n) is 9.33. The molecular weight excluding hydrogens is 378 g/mol. The van der Waals surface area contributed by atoms with Gasteiger partial charge in [-0.3, -0.25) is 9.59 Å². The van der Waals surface area contributed by atoms with Gasteiger partial charge in [0.2, 0.25) is 0 Å². The second-order valence-corrected chi connectivity index (χ2v) is 8.48. The van der Waals surface area contributed by atoms with Gasteiger partial charge in [-0.15, -0.1) is 11.3 Å². The van der Waals surface area contributed by atoms with Crippen molar-refractivity contribution in [1.82, 2.24) is 5.32 Å². The van der Waals surface area contributed by atoms with Gasteiger partial charge < -0.3 is 14.8 Å². The fourth-order valence-electron chi connectivity index (χ4n) is 3.97. The van der Waals surface area contributed by atoms with Gasteiger partial charge in [0.1, 0.15) is 5.92 Å². The molecule has 0 radical (unpaired) electrons. The molecule has 0 aromatic carbocycles.